The van der Waals surface area contributed by atoms with Gasteiger partial charge in [0.25, 0.3) is 17.5 Å². The number of hydrogen-bond acceptors (Lipinski definition) is 5. The first kappa shape index (κ1) is 21.0. The van der Waals surface area contributed by atoms with Crippen molar-refractivity contribution in [2.75, 3.05) is 18.4 Å². The van der Waals surface area contributed by atoms with Crippen LogP contribution in [0.25, 0.3) is 0 Å². The number of rotatable bonds is 6. The van der Waals surface area contributed by atoms with Gasteiger partial charge >= 0.3 is 0 Å². The Bertz CT molecular complexity index is 912. The fourth-order valence-corrected chi connectivity index (χ4v) is 2.79. The van der Waals surface area contributed by atoms with Crippen LogP contribution < -0.4 is 10.6 Å². The Kier molecular flexibility index (Phi) is 7.16. The van der Waals surface area contributed by atoms with Crippen LogP contribution in [0.15, 0.2) is 48.5 Å². The molecule has 0 heterocycles. The van der Waals surface area contributed by atoms with E-state index in [0.717, 1.165) is 0 Å². The van der Waals surface area contributed by atoms with Crippen LogP contribution in [0.2, 0.25) is 0 Å². The highest BCUT2D eigenvalue weighted by Crippen LogP contribution is 2.17. The van der Waals surface area contributed by atoms with Crippen molar-refractivity contribution in [2.24, 2.45) is 0 Å². The zero-order valence-electron chi connectivity index (χ0n) is 15.5. The second kappa shape index (κ2) is 9.56. The lowest BCUT2D eigenvalue weighted by molar-refractivity contribution is -0.385. The predicted molar refractivity (Wildman–Crippen MR) is 110 cm³/mol. The van der Waals surface area contributed by atoms with Crippen LogP contribution >= 0.6 is 12.2 Å². The molecular weight excluding hydrogens is 380 g/mol. The number of thiocarbonyl (C=S) groups is 1. The van der Waals surface area contributed by atoms with E-state index in [4.69, 9.17) is 12.2 Å². The van der Waals surface area contributed by atoms with E-state index in [1.165, 1.54) is 24.3 Å². The summed E-state index contributed by atoms with van der Waals surface area (Å²) in [6, 6.07) is 12.3. The number of para-hydroxylation sites is 1. The maximum absolute atomic E-state index is 12.4. The lowest BCUT2D eigenvalue weighted by atomic mass is 10.1. The van der Waals surface area contributed by atoms with Gasteiger partial charge in [0.1, 0.15) is 5.56 Å². The Labute approximate surface area is 167 Å². The summed E-state index contributed by atoms with van der Waals surface area (Å²) in [5.41, 5.74) is 0.601. The summed E-state index contributed by atoms with van der Waals surface area (Å²) in [5, 5.41) is 16.3. The molecule has 146 valence electrons. The largest absolute Gasteiger partial charge is 0.339 e. The van der Waals surface area contributed by atoms with Crippen molar-refractivity contribution in [3.8, 4) is 0 Å². The third kappa shape index (κ3) is 5.10. The van der Waals surface area contributed by atoms with E-state index in [9.17, 15) is 19.7 Å². The zero-order chi connectivity index (χ0) is 20.7. The lowest BCUT2D eigenvalue weighted by Crippen LogP contribution is -2.34. The topological polar surface area (TPSA) is 105 Å². The first-order chi connectivity index (χ1) is 13.4. The molecule has 2 aromatic carbocycles. The van der Waals surface area contributed by atoms with Crippen LogP contribution in [0.1, 0.15) is 34.6 Å². The van der Waals surface area contributed by atoms with Crippen LogP contribution in [0, 0.1) is 10.1 Å². The maximum atomic E-state index is 12.4. The van der Waals surface area contributed by atoms with Gasteiger partial charge in [0.2, 0.25) is 0 Å². The van der Waals surface area contributed by atoms with Gasteiger partial charge in [-0.1, -0.05) is 18.2 Å². The molecular formula is C19H20N4O4S. The molecule has 0 unspecified atom stereocenters. The van der Waals surface area contributed by atoms with E-state index in [1.807, 2.05) is 13.8 Å². The predicted octanol–water partition coefficient (Wildman–Crippen LogP) is 3.20. The Balaban J connectivity index is 2.10. The highest BCUT2D eigenvalue weighted by atomic mass is 32.1. The molecule has 0 spiro atoms. The van der Waals surface area contributed by atoms with E-state index in [-0.39, 0.29) is 22.3 Å². The van der Waals surface area contributed by atoms with E-state index in [0.29, 0.717) is 24.3 Å². The molecule has 0 radical (unpaired) electrons. The molecule has 8 nitrogen and oxygen atoms in total. The molecule has 0 bridgehead atoms. The van der Waals surface area contributed by atoms with Crippen molar-refractivity contribution in [2.45, 2.75) is 13.8 Å². The summed E-state index contributed by atoms with van der Waals surface area (Å²) in [6.07, 6.45) is 0. The van der Waals surface area contributed by atoms with Crippen LogP contribution in [-0.2, 0) is 0 Å². The molecule has 0 aliphatic carbocycles. The van der Waals surface area contributed by atoms with E-state index >= 15 is 0 Å². The quantitative estimate of drug-likeness (QED) is 0.438. The van der Waals surface area contributed by atoms with E-state index in [2.05, 4.69) is 10.6 Å². The molecule has 2 amide bonds. The molecule has 0 saturated carbocycles. The van der Waals surface area contributed by atoms with Crippen molar-refractivity contribution >= 4 is 40.5 Å². The third-order valence-corrected chi connectivity index (χ3v) is 4.19. The normalized spacial score (nSPS) is 10.1. The number of nitrogens with one attached hydrogen (secondary N) is 2. The van der Waals surface area contributed by atoms with E-state index in [1.54, 1.807) is 29.2 Å². The SMILES string of the molecule is CCN(CC)C(=O)c1cccc(NC(=S)NC(=O)c2ccccc2[N+](=O)[O-])c1. The maximum Gasteiger partial charge on any atom is 0.282 e. The molecule has 0 aliphatic heterocycles. The Morgan fingerprint density at radius 3 is 2.43 bits per heavy atom. The number of benzene rings is 2. The highest BCUT2D eigenvalue weighted by Gasteiger charge is 2.20. The van der Waals surface area contributed by atoms with Gasteiger partial charge in [0, 0.05) is 30.4 Å². The number of nitrogens with zero attached hydrogens (tertiary/aromatic N) is 2. The van der Waals surface area contributed by atoms with Crippen LogP contribution in [0.5, 0.6) is 0 Å². The number of nitro benzene ring substituents is 1. The minimum Gasteiger partial charge on any atom is -0.339 e. The molecule has 2 aromatic rings. The monoisotopic (exact) mass is 400 g/mol. The van der Waals surface area contributed by atoms with Gasteiger partial charge in [-0.2, -0.15) is 0 Å². The number of nitro groups is 1. The average molecular weight is 400 g/mol. The fourth-order valence-electron chi connectivity index (χ4n) is 2.58. The Morgan fingerprint density at radius 2 is 1.79 bits per heavy atom. The van der Waals surface area contributed by atoms with Crippen molar-refractivity contribution in [3.05, 3.63) is 69.8 Å². The van der Waals surface area contributed by atoms with Crippen molar-refractivity contribution in [3.63, 3.8) is 0 Å². The van der Waals surface area contributed by atoms with Gasteiger partial charge in [-0.05, 0) is 50.3 Å². The van der Waals surface area contributed by atoms with Crippen LogP contribution in [-0.4, -0.2) is 39.8 Å². The molecule has 0 fully saturated rings. The van der Waals surface area contributed by atoms with Gasteiger partial charge < -0.3 is 10.2 Å². The summed E-state index contributed by atoms with van der Waals surface area (Å²) in [4.78, 5) is 36.9. The molecule has 2 rings (SSSR count). The molecule has 0 atom stereocenters. The smallest absolute Gasteiger partial charge is 0.282 e. The Morgan fingerprint density at radius 1 is 1.11 bits per heavy atom. The Hall–Kier alpha value is -3.33. The van der Waals surface area contributed by atoms with Crippen molar-refractivity contribution in [1.29, 1.82) is 0 Å². The molecule has 2 N–H and O–H groups in total. The summed E-state index contributed by atoms with van der Waals surface area (Å²) in [7, 11) is 0. The number of carbonyl (C=O) groups is 2. The summed E-state index contributed by atoms with van der Waals surface area (Å²) in [5.74, 6) is -0.802. The molecule has 28 heavy (non-hydrogen) atoms. The minimum atomic E-state index is -0.694. The minimum absolute atomic E-state index is 0.0319. The van der Waals surface area contributed by atoms with E-state index < -0.39 is 10.8 Å². The fraction of sp³-hybridized carbons (Fsp3) is 0.211. The highest BCUT2D eigenvalue weighted by molar-refractivity contribution is 7.80. The summed E-state index contributed by atoms with van der Waals surface area (Å²) >= 11 is 5.12. The van der Waals surface area contributed by atoms with Crippen molar-refractivity contribution in [1.82, 2.24) is 10.2 Å². The van der Waals surface area contributed by atoms with Crippen molar-refractivity contribution < 1.29 is 14.5 Å². The van der Waals surface area contributed by atoms with Crippen LogP contribution in [0.3, 0.4) is 0 Å². The number of hydrogen-bond donors (Lipinski definition) is 2. The molecule has 9 heteroatoms. The number of amides is 2. The van der Waals surface area contributed by atoms with Gasteiger partial charge in [0.15, 0.2) is 5.11 Å². The lowest BCUT2D eigenvalue weighted by Gasteiger charge is -2.19. The second-order valence-corrected chi connectivity index (χ2v) is 6.15. The molecule has 0 saturated heterocycles. The van der Waals surface area contributed by atoms with Gasteiger partial charge in [-0.3, -0.25) is 25.0 Å². The van der Waals surface area contributed by atoms with Gasteiger partial charge in [-0.15, -0.1) is 0 Å². The van der Waals surface area contributed by atoms with Crippen LogP contribution in [0.4, 0.5) is 11.4 Å². The third-order valence-electron chi connectivity index (χ3n) is 3.99. The molecule has 0 aliphatic rings. The number of carbonyl (C=O) groups excluding carboxylic acids is 2. The van der Waals surface area contributed by atoms with Gasteiger partial charge in [0.05, 0.1) is 4.92 Å². The van der Waals surface area contributed by atoms with Gasteiger partial charge in [-0.25, -0.2) is 0 Å². The first-order valence-corrected chi connectivity index (χ1v) is 9.03. The molecule has 0 aromatic heterocycles. The summed E-state index contributed by atoms with van der Waals surface area (Å²) in [6.45, 7) is 4.99. The second-order valence-electron chi connectivity index (χ2n) is 5.74. The zero-order valence-corrected chi connectivity index (χ0v) is 16.3. The standard InChI is InChI=1S/C19H20N4O4S/c1-3-22(4-2)18(25)13-8-7-9-14(12-13)20-19(28)21-17(24)15-10-5-6-11-16(15)23(26)27/h5-12H,3-4H2,1-2H3,(H2,20,21,24,28). The number of anilines is 1. The first-order valence-electron chi connectivity index (χ1n) is 8.62. The average Bonchev–Trinajstić information content (AvgIpc) is 2.68. The summed E-state index contributed by atoms with van der Waals surface area (Å²) < 4.78 is 0.